The third-order valence-corrected chi connectivity index (χ3v) is 4.63. The maximum Gasteiger partial charge on any atom is 0.303 e. The molecule has 0 fully saturated rings. The first-order valence-electron chi connectivity index (χ1n) is 9.39. The van der Waals surface area contributed by atoms with E-state index in [1.807, 2.05) is 6.07 Å². The van der Waals surface area contributed by atoms with Crippen molar-refractivity contribution in [3.8, 4) is 5.75 Å². The fourth-order valence-corrected chi connectivity index (χ4v) is 3.20. The van der Waals surface area contributed by atoms with E-state index >= 15 is 0 Å². The van der Waals surface area contributed by atoms with E-state index in [1.165, 1.54) is 43.0 Å². The Hall–Kier alpha value is -2.10. The van der Waals surface area contributed by atoms with E-state index in [0.717, 1.165) is 31.6 Å². The van der Waals surface area contributed by atoms with Crippen LogP contribution in [0.25, 0.3) is 10.9 Å². The summed E-state index contributed by atoms with van der Waals surface area (Å²) in [7, 11) is 1.70. The Labute approximate surface area is 150 Å². The summed E-state index contributed by atoms with van der Waals surface area (Å²) in [4.78, 5) is 10.4. The molecule has 0 atom stereocenters. The molecule has 136 valence electrons. The predicted octanol–water partition coefficient (Wildman–Crippen LogP) is 4.73. The molecular weight excluding hydrogens is 314 g/mol. The van der Waals surface area contributed by atoms with E-state index in [9.17, 15) is 4.79 Å². The molecule has 1 heterocycles. The number of carboxylic acid groups (broad SMARTS) is 1. The second kappa shape index (κ2) is 10.7. The summed E-state index contributed by atoms with van der Waals surface area (Å²) in [6, 6.07) is 10.4. The molecule has 2 aromatic rings. The summed E-state index contributed by atoms with van der Waals surface area (Å²) >= 11 is 0. The highest BCUT2D eigenvalue weighted by Crippen LogP contribution is 2.18. The lowest BCUT2D eigenvalue weighted by Crippen LogP contribution is -2.33. The zero-order valence-corrected chi connectivity index (χ0v) is 15.2. The normalized spacial score (nSPS) is 10.9. The van der Waals surface area contributed by atoms with Crippen molar-refractivity contribution in [2.75, 3.05) is 7.11 Å². The standard InChI is InChI=1S/C21H29NO3/c1-25-19-13-14-20-18(17-19)11-10-16-22(20)15-9-7-5-3-2-4-6-8-12-21(23)24/h10-11,13-14,16-17H,2-9,12,15H2,1H3/p+1. The molecule has 0 radical (unpaired) electrons. The van der Waals surface area contributed by atoms with Gasteiger partial charge in [0.25, 0.3) is 0 Å². The van der Waals surface area contributed by atoms with Gasteiger partial charge in [0.1, 0.15) is 12.3 Å². The van der Waals surface area contributed by atoms with Crippen molar-refractivity contribution in [3.63, 3.8) is 0 Å². The van der Waals surface area contributed by atoms with Crippen LogP contribution in [0.4, 0.5) is 0 Å². The third-order valence-electron chi connectivity index (χ3n) is 4.63. The highest BCUT2D eigenvalue weighted by molar-refractivity contribution is 5.77. The van der Waals surface area contributed by atoms with E-state index in [1.54, 1.807) is 7.11 Å². The summed E-state index contributed by atoms with van der Waals surface area (Å²) in [5.74, 6) is 0.220. The third kappa shape index (κ3) is 6.73. The molecule has 0 aliphatic carbocycles. The molecule has 0 amide bonds. The number of hydrogen-bond donors (Lipinski definition) is 1. The van der Waals surface area contributed by atoms with Gasteiger partial charge in [0.2, 0.25) is 5.52 Å². The molecule has 25 heavy (non-hydrogen) atoms. The van der Waals surface area contributed by atoms with E-state index in [0.29, 0.717) is 6.42 Å². The van der Waals surface area contributed by atoms with Crippen molar-refractivity contribution < 1.29 is 19.2 Å². The van der Waals surface area contributed by atoms with Crippen molar-refractivity contribution in [2.24, 2.45) is 0 Å². The van der Waals surface area contributed by atoms with E-state index in [2.05, 4.69) is 35.0 Å². The van der Waals surface area contributed by atoms with Gasteiger partial charge in [-0.2, -0.15) is 4.57 Å². The number of hydrogen-bond acceptors (Lipinski definition) is 2. The minimum atomic E-state index is -0.677. The predicted molar refractivity (Wildman–Crippen MR) is 99.9 cm³/mol. The van der Waals surface area contributed by atoms with Gasteiger partial charge in [0.15, 0.2) is 6.20 Å². The van der Waals surface area contributed by atoms with Gasteiger partial charge in [0, 0.05) is 25.0 Å². The topological polar surface area (TPSA) is 50.4 Å². The van der Waals surface area contributed by atoms with Gasteiger partial charge in [-0.1, -0.05) is 32.1 Å². The quantitative estimate of drug-likeness (QED) is 0.447. The molecular formula is C21H30NO3+. The van der Waals surface area contributed by atoms with Gasteiger partial charge in [-0.3, -0.25) is 4.79 Å². The number of aromatic nitrogens is 1. The smallest absolute Gasteiger partial charge is 0.303 e. The highest BCUT2D eigenvalue weighted by atomic mass is 16.5. The monoisotopic (exact) mass is 344 g/mol. The lowest BCUT2D eigenvalue weighted by molar-refractivity contribution is -0.671. The van der Waals surface area contributed by atoms with Crippen molar-refractivity contribution in [2.45, 2.75) is 64.3 Å². The van der Waals surface area contributed by atoms with Crippen LogP contribution in [0.5, 0.6) is 5.75 Å². The molecule has 4 heteroatoms. The van der Waals surface area contributed by atoms with Crippen LogP contribution < -0.4 is 9.30 Å². The zero-order chi connectivity index (χ0) is 17.9. The molecule has 1 aromatic carbocycles. The molecule has 0 bridgehead atoms. The number of aryl methyl sites for hydroxylation is 1. The fraction of sp³-hybridized carbons (Fsp3) is 0.524. The molecule has 4 nitrogen and oxygen atoms in total. The molecule has 1 aromatic heterocycles. The molecule has 0 spiro atoms. The number of methoxy groups -OCH3 is 1. The first-order chi connectivity index (χ1) is 12.2. The van der Waals surface area contributed by atoms with Crippen LogP contribution in [-0.2, 0) is 11.3 Å². The number of pyridine rings is 1. The van der Waals surface area contributed by atoms with Crippen LogP contribution in [0.15, 0.2) is 36.5 Å². The summed E-state index contributed by atoms with van der Waals surface area (Å²) in [6.07, 6.45) is 11.7. The molecule has 0 saturated heterocycles. The van der Waals surface area contributed by atoms with Crippen LogP contribution in [0.1, 0.15) is 57.8 Å². The second-order valence-electron chi connectivity index (χ2n) is 6.60. The van der Waals surface area contributed by atoms with Gasteiger partial charge >= 0.3 is 5.97 Å². The summed E-state index contributed by atoms with van der Waals surface area (Å²) in [6.45, 7) is 1.04. The molecule has 1 N–H and O–H groups in total. The minimum absolute atomic E-state index is 0.314. The second-order valence-corrected chi connectivity index (χ2v) is 6.60. The number of rotatable bonds is 12. The Morgan fingerprint density at radius 3 is 2.36 bits per heavy atom. The molecule has 0 aliphatic heterocycles. The van der Waals surface area contributed by atoms with Crippen molar-refractivity contribution >= 4 is 16.9 Å². The van der Waals surface area contributed by atoms with Gasteiger partial charge in [-0.15, -0.1) is 0 Å². The van der Waals surface area contributed by atoms with Crippen LogP contribution in [0, 0.1) is 0 Å². The number of unbranched alkanes of at least 4 members (excludes halogenated alkanes) is 7. The number of aliphatic carboxylic acids is 1. The number of nitrogens with zero attached hydrogens (tertiary/aromatic N) is 1. The van der Waals surface area contributed by atoms with Crippen molar-refractivity contribution in [1.29, 1.82) is 0 Å². The Morgan fingerprint density at radius 1 is 1.00 bits per heavy atom. The molecule has 0 saturated carbocycles. The molecule has 0 aliphatic rings. The van der Waals surface area contributed by atoms with Crippen LogP contribution >= 0.6 is 0 Å². The lowest BCUT2D eigenvalue weighted by atomic mass is 10.1. The Bertz CT molecular complexity index is 669. The molecule has 2 rings (SSSR count). The van der Waals surface area contributed by atoms with E-state index in [-0.39, 0.29) is 0 Å². The van der Waals surface area contributed by atoms with Gasteiger partial charge in [-0.05, 0) is 31.0 Å². The average Bonchev–Trinajstić information content (AvgIpc) is 2.62. The number of carbonyl (C=O) groups is 1. The maximum absolute atomic E-state index is 10.4. The highest BCUT2D eigenvalue weighted by Gasteiger charge is 2.08. The van der Waals surface area contributed by atoms with E-state index < -0.39 is 5.97 Å². The molecule has 0 unspecified atom stereocenters. The average molecular weight is 344 g/mol. The summed E-state index contributed by atoms with van der Waals surface area (Å²) in [5.41, 5.74) is 1.25. The number of ether oxygens (including phenoxy) is 1. The number of carboxylic acids is 1. The Balaban J connectivity index is 1.64. The van der Waals surface area contributed by atoms with E-state index in [4.69, 9.17) is 9.84 Å². The Morgan fingerprint density at radius 2 is 1.68 bits per heavy atom. The van der Waals surface area contributed by atoms with Gasteiger partial charge in [0.05, 0.1) is 12.5 Å². The van der Waals surface area contributed by atoms with Gasteiger partial charge < -0.3 is 9.84 Å². The van der Waals surface area contributed by atoms with Crippen molar-refractivity contribution in [3.05, 3.63) is 36.5 Å². The lowest BCUT2D eigenvalue weighted by Gasteiger charge is -2.04. The van der Waals surface area contributed by atoms with Gasteiger partial charge in [-0.25, -0.2) is 0 Å². The van der Waals surface area contributed by atoms with Crippen molar-refractivity contribution in [1.82, 2.24) is 0 Å². The largest absolute Gasteiger partial charge is 0.497 e. The summed E-state index contributed by atoms with van der Waals surface area (Å²) in [5, 5.41) is 9.80. The SMILES string of the molecule is COc1ccc2c(ccc[n+]2CCCCCCCCCCC(=O)O)c1. The maximum atomic E-state index is 10.4. The zero-order valence-electron chi connectivity index (χ0n) is 15.2. The summed E-state index contributed by atoms with van der Waals surface area (Å²) < 4.78 is 7.62. The first-order valence-corrected chi connectivity index (χ1v) is 9.39. The van der Waals surface area contributed by atoms with Crippen LogP contribution in [0.2, 0.25) is 0 Å². The van der Waals surface area contributed by atoms with Crippen LogP contribution in [-0.4, -0.2) is 18.2 Å². The first kappa shape index (κ1) is 19.2. The number of fused-ring (bicyclic) bond motifs is 1. The van der Waals surface area contributed by atoms with Crippen LogP contribution in [0.3, 0.4) is 0 Å². The Kier molecular flexibility index (Phi) is 8.23. The number of benzene rings is 1. The minimum Gasteiger partial charge on any atom is -0.497 e. The fourth-order valence-electron chi connectivity index (χ4n) is 3.20.